The molecule has 1 aromatic carbocycles. The second-order valence-corrected chi connectivity index (χ2v) is 4.87. The van der Waals surface area contributed by atoms with Crippen LogP contribution < -0.4 is 10.1 Å². The van der Waals surface area contributed by atoms with Crippen molar-refractivity contribution in [1.29, 1.82) is 0 Å². The van der Waals surface area contributed by atoms with Crippen LogP contribution in [0.15, 0.2) is 30.3 Å². The molecule has 0 fully saturated rings. The largest absolute Gasteiger partial charge is 0.573 e. The summed E-state index contributed by atoms with van der Waals surface area (Å²) in [4.78, 5) is 11.8. The molecule has 0 aliphatic rings. The smallest absolute Gasteiger partial charge is 0.406 e. The molecule has 1 heterocycles. The Kier molecular flexibility index (Phi) is 5.73. The predicted octanol–water partition coefficient (Wildman–Crippen LogP) is 4.30. The van der Waals surface area contributed by atoms with E-state index in [2.05, 4.69) is 15.2 Å². The van der Waals surface area contributed by atoms with E-state index in [1.807, 2.05) is 0 Å². The lowest BCUT2D eigenvalue weighted by Gasteiger charge is -2.10. The summed E-state index contributed by atoms with van der Waals surface area (Å²) in [6.07, 6.45) is -11.1. The van der Waals surface area contributed by atoms with Gasteiger partial charge < -0.3 is 10.1 Å². The van der Waals surface area contributed by atoms with Crippen LogP contribution in [0.5, 0.6) is 5.75 Å². The number of nitrogens with zero attached hydrogens (tertiary/aromatic N) is 2. The number of aromatic nitrogens is 2. The molecule has 5 nitrogen and oxygen atoms in total. The molecule has 1 aromatic heterocycles. The van der Waals surface area contributed by atoms with Gasteiger partial charge in [0.05, 0.1) is 0 Å². The summed E-state index contributed by atoms with van der Waals surface area (Å²) >= 11 is 0. The molecule has 1 amide bonds. The molecule has 0 unspecified atom stereocenters. The number of amides is 1. The highest BCUT2D eigenvalue weighted by atomic mass is 19.4. The fourth-order valence-corrected chi connectivity index (χ4v) is 1.94. The zero-order valence-corrected chi connectivity index (χ0v) is 12.6. The van der Waals surface area contributed by atoms with Crippen molar-refractivity contribution in [3.63, 3.8) is 0 Å². The van der Waals surface area contributed by atoms with Gasteiger partial charge in [-0.3, -0.25) is 9.48 Å². The van der Waals surface area contributed by atoms with Gasteiger partial charge in [-0.2, -0.15) is 5.10 Å². The summed E-state index contributed by atoms with van der Waals surface area (Å²) in [5.74, 6) is -1.41. The van der Waals surface area contributed by atoms with E-state index in [1.54, 1.807) is 0 Å². The third-order valence-electron chi connectivity index (χ3n) is 2.94. The summed E-state index contributed by atoms with van der Waals surface area (Å²) < 4.78 is 90.9. The van der Waals surface area contributed by atoms with Gasteiger partial charge in [-0.05, 0) is 30.3 Å². The standard InChI is InChI=1S/C14H10F7N3O2/c15-12(16)9-5-10(13(17)18)24(23-9)6-11(25)22-7-1-3-8(4-2-7)26-14(19,20)21/h1-5,12-13H,6H2,(H,22,25). The maximum atomic E-state index is 12.8. The fraction of sp³-hybridized carbons (Fsp3) is 0.286. The molecule has 142 valence electrons. The topological polar surface area (TPSA) is 56.2 Å². The van der Waals surface area contributed by atoms with Crippen molar-refractivity contribution in [2.45, 2.75) is 25.8 Å². The molecule has 0 atom stereocenters. The number of alkyl halides is 7. The fourth-order valence-electron chi connectivity index (χ4n) is 1.94. The van der Waals surface area contributed by atoms with Crippen LogP contribution in [0.25, 0.3) is 0 Å². The molecular formula is C14H10F7N3O2. The summed E-state index contributed by atoms with van der Waals surface area (Å²) in [6.45, 7) is -0.785. The molecule has 0 spiro atoms. The Labute approximate surface area is 141 Å². The molecule has 0 saturated carbocycles. The molecule has 0 radical (unpaired) electrons. The molecule has 1 N–H and O–H groups in total. The highest BCUT2D eigenvalue weighted by molar-refractivity contribution is 5.90. The van der Waals surface area contributed by atoms with Gasteiger partial charge in [-0.1, -0.05) is 0 Å². The average Bonchev–Trinajstić information content (AvgIpc) is 2.92. The molecule has 12 heteroatoms. The van der Waals surface area contributed by atoms with E-state index in [4.69, 9.17) is 0 Å². The average molecular weight is 385 g/mol. The zero-order valence-electron chi connectivity index (χ0n) is 12.6. The first-order valence-electron chi connectivity index (χ1n) is 6.85. The molecule has 0 saturated heterocycles. The van der Waals surface area contributed by atoms with Crippen LogP contribution in [0.1, 0.15) is 24.2 Å². The highest BCUT2D eigenvalue weighted by Gasteiger charge is 2.31. The van der Waals surface area contributed by atoms with Gasteiger partial charge in [0.2, 0.25) is 5.91 Å². The number of rotatable bonds is 6. The third-order valence-corrected chi connectivity index (χ3v) is 2.94. The lowest BCUT2D eigenvalue weighted by atomic mass is 10.3. The van der Waals surface area contributed by atoms with Gasteiger partial charge in [0.25, 0.3) is 12.9 Å². The van der Waals surface area contributed by atoms with Gasteiger partial charge in [-0.25, -0.2) is 17.6 Å². The summed E-state index contributed by atoms with van der Waals surface area (Å²) in [5.41, 5.74) is -1.71. The van der Waals surface area contributed by atoms with Crippen LogP contribution in [0, 0.1) is 0 Å². The van der Waals surface area contributed by atoms with Crippen molar-refractivity contribution < 1.29 is 40.3 Å². The van der Waals surface area contributed by atoms with Crippen molar-refractivity contribution in [3.8, 4) is 5.75 Å². The Bertz CT molecular complexity index is 757. The Morgan fingerprint density at radius 3 is 2.23 bits per heavy atom. The maximum absolute atomic E-state index is 12.8. The molecule has 0 aliphatic heterocycles. The third kappa shape index (κ3) is 5.36. The minimum absolute atomic E-state index is 0.0457. The molecule has 2 aromatic rings. The number of benzene rings is 1. The minimum Gasteiger partial charge on any atom is -0.406 e. The van der Waals surface area contributed by atoms with Crippen molar-refractivity contribution in [3.05, 3.63) is 41.7 Å². The number of carbonyl (C=O) groups is 1. The van der Waals surface area contributed by atoms with E-state index in [1.165, 1.54) is 0 Å². The van der Waals surface area contributed by atoms with Gasteiger partial charge in [0.15, 0.2) is 0 Å². The minimum atomic E-state index is -4.88. The van der Waals surface area contributed by atoms with Gasteiger partial charge in [0.1, 0.15) is 23.7 Å². The van der Waals surface area contributed by atoms with Gasteiger partial charge in [0, 0.05) is 5.69 Å². The lowest BCUT2D eigenvalue weighted by molar-refractivity contribution is -0.274. The van der Waals surface area contributed by atoms with E-state index < -0.39 is 48.8 Å². The number of hydrogen-bond acceptors (Lipinski definition) is 3. The summed E-state index contributed by atoms with van der Waals surface area (Å²) in [5, 5.41) is 5.46. The molecule has 0 aliphatic carbocycles. The van der Waals surface area contributed by atoms with Crippen molar-refractivity contribution in [2.75, 3.05) is 5.32 Å². The number of carbonyl (C=O) groups excluding carboxylic acids is 1. The van der Waals surface area contributed by atoms with Crippen LogP contribution in [0.3, 0.4) is 0 Å². The number of ether oxygens (including phenoxy) is 1. The van der Waals surface area contributed by atoms with Crippen LogP contribution in [0.2, 0.25) is 0 Å². The molecule has 26 heavy (non-hydrogen) atoms. The predicted molar refractivity (Wildman–Crippen MR) is 73.9 cm³/mol. The Balaban J connectivity index is 2.05. The molecular weight excluding hydrogens is 375 g/mol. The van der Waals surface area contributed by atoms with Crippen molar-refractivity contribution >= 4 is 11.6 Å². The second kappa shape index (κ2) is 7.62. The van der Waals surface area contributed by atoms with Crippen LogP contribution in [0.4, 0.5) is 36.4 Å². The monoisotopic (exact) mass is 385 g/mol. The lowest BCUT2D eigenvalue weighted by Crippen LogP contribution is -2.21. The maximum Gasteiger partial charge on any atom is 0.573 e. The summed E-state index contributed by atoms with van der Waals surface area (Å²) in [6, 6.07) is 4.51. The first-order valence-corrected chi connectivity index (χ1v) is 6.85. The van der Waals surface area contributed by atoms with Crippen molar-refractivity contribution in [2.24, 2.45) is 0 Å². The molecule has 2 rings (SSSR count). The number of anilines is 1. The van der Waals surface area contributed by atoms with Gasteiger partial charge in [-0.15, -0.1) is 13.2 Å². The van der Waals surface area contributed by atoms with E-state index in [0.717, 1.165) is 24.3 Å². The zero-order chi connectivity index (χ0) is 19.5. The van der Waals surface area contributed by atoms with Crippen LogP contribution >= 0.6 is 0 Å². The second-order valence-electron chi connectivity index (χ2n) is 4.87. The SMILES string of the molecule is O=C(Cn1nc(C(F)F)cc1C(F)F)Nc1ccc(OC(F)(F)F)cc1. The normalized spacial score (nSPS) is 11.9. The Hall–Kier alpha value is -2.79. The number of hydrogen-bond donors (Lipinski definition) is 1. The van der Waals surface area contributed by atoms with E-state index in [9.17, 15) is 35.5 Å². The van der Waals surface area contributed by atoms with Crippen LogP contribution in [-0.2, 0) is 11.3 Å². The van der Waals surface area contributed by atoms with Crippen molar-refractivity contribution in [1.82, 2.24) is 9.78 Å². The van der Waals surface area contributed by atoms with Gasteiger partial charge >= 0.3 is 6.36 Å². The van der Waals surface area contributed by atoms with E-state index >= 15 is 0 Å². The first-order chi connectivity index (χ1) is 12.0. The Morgan fingerprint density at radius 1 is 1.12 bits per heavy atom. The van der Waals surface area contributed by atoms with E-state index in [0.29, 0.717) is 10.7 Å². The Morgan fingerprint density at radius 2 is 1.73 bits per heavy atom. The molecule has 0 bridgehead atoms. The highest BCUT2D eigenvalue weighted by Crippen LogP contribution is 2.26. The van der Waals surface area contributed by atoms with E-state index in [-0.39, 0.29) is 5.69 Å². The number of nitrogens with one attached hydrogen (secondary N) is 1. The summed E-state index contributed by atoms with van der Waals surface area (Å²) in [7, 11) is 0. The first kappa shape index (κ1) is 19.5. The van der Waals surface area contributed by atoms with Crippen LogP contribution in [-0.4, -0.2) is 22.1 Å². The quantitative estimate of drug-likeness (QED) is 0.755. The number of halogens is 7.